The van der Waals surface area contributed by atoms with E-state index >= 15 is 0 Å². The number of furan rings is 1. The number of anilines is 1. The van der Waals surface area contributed by atoms with Gasteiger partial charge in [-0.15, -0.1) is 0 Å². The van der Waals surface area contributed by atoms with Gasteiger partial charge in [0.1, 0.15) is 18.1 Å². The number of urea groups is 1. The fourth-order valence-electron chi connectivity index (χ4n) is 3.49. The topological polar surface area (TPSA) is 75.0 Å². The molecule has 0 unspecified atom stereocenters. The molecule has 3 amide bonds. The quantitative estimate of drug-likeness (QED) is 0.360. The van der Waals surface area contributed by atoms with Gasteiger partial charge in [0.05, 0.1) is 12.8 Å². The van der Waals surface area contributed by atoms with Gasteiger partial charge < -0.3 is 24.3 Å². The number of carbonyl (C=O) groups excluding carboxylic acids is 2. The van der Waals surface area contributed by atoms with Crippen molar-refractivity contribution in [2.75, 3.05) is 31.6 Å². The van der Waals surface area contributed by atoms with Crippen LogP contribution in [0.4, 0.5) is 14.9 Å². The Bertz CT molecular complexity index is 1050. The van der Waals surface area contributed by atoms with Crippen molar-refractivity contribution in [2.45, 2.75) is 33.4 Å². The second kappa shape index (κ2) is 13.3. The molecule has 1 aromatic heterocycles. The highest BCUT2D eigenvalue weighted by atomic mass is 19.1. The number of amides is 3. The predicted molar refractivity (Wildman–Crippen MR) is 132 cm³/mol. The van der Waals surface area contributed by atoms with Crippen LogP contribution >= 0.6 is 0 Å². The number of hydrogen-bond acceptors (Lipinski definition) is 4. The molecule has 0 spiro atoms. The number of ether oxygens (including phenoxy) is 1. The predicted octanol–water partition coefficient (Wildman–Crippen LogP) is 5.22. The second-order valence-corrected chi connectivity index (χ2v) is 8.22. The van der Waals surface area contributed by atoms with Crippen LogP contribution in [-0.2, 0) is 22.6 Å². The Morgan fingerprint density at radius 3 is 2.40 bits per heavy atom. The lowest BCUT2D eigenvalue weighted by atomic mass is 10.2. The maximum absolute atomic E-state index is 13.4. The van der Waals surface area contributed by atoms with Crippen molar-refractivity contribution in [3.8, 4) is 0 Å². The van der Waals surface area contributed by atoms with E-state index in [0.29, 0.717) is 37.6 Å². The average Bonchev–Trinajstić information content (AvgIpc) is 3.36. The summed E-state index contributed by atoms with van der Waals surface area (Å²) in [6.07, 6.45) is 2.14. The minimum absolute atomic E-state index is 0.119. The van der Waals surface area contributed by atoms with Crippen LogP contribution in [0.15, 0.2) is 71.3 Å². The number of halogens is 1. The lowest BCUT2D eigenvalue weighted by Gasteiger charge is -2.27. The minimum atomic E-state index is -0.363. The smallest absolute Gasteiger partial charge is 0.322 e. The second-order valence-electron chi connectivity index (χ2n) is 8.22. The molecule has 0 saturated carbocycles. The van der Waals surface area contributed by atoms with Crippen LogP contribution in [0.1, 0.15) is 30.2 Å². The lowest BCUT2D eigenvalue weighted by Crippen LogP contribution is -2.44. The summed E-state index contributed by atoms with van der Waals surface area (Å²) in [7, 11) is 0. The SMILES string of the molecule is CCOCCCN(CC(=O)N(Cc1ccc(F)cc1)Cc1ccco1)C(=O)Nc1ccc(C)cc1. The van der Waals surface area contributed by atoms with E-state index in [2.05, 4.69) is 5.32 Å². The van der Waals surface area contributed by atoms with Crippen LogP contribution in [-0.4, -0.2) is 48.0 Å². The highest BCUT2D eigenvalue weighted by molar-refractivity contribution is 5.92. The Morgan fingerprint density at radius 1 is 1.00 bits per heavy atom. The molecule has 0 aliphatic rings. The molecule has 0 aliphatic heterocycles. The van der Waals surface area contributed by atoms with E-state index < -0.39 is 0 Å². The molecule has 0 atom stereocenters. The Hall–Kier alpha value is -3.65. The van der Waals surface area contributed by atoms with E-state index in [0.717, 1.165) is 11.1 Å². The summed E-state index contributed by atoms with van der Waals surface area (Å²) in [4.78, 5) is 29.6. The number of hydrogen-bond donors (Lipinski definition) is 1. The summed E-state index contributed by atoms with van der Waals surface area (Å²) in [6.45, 7) is 5.68. The van der Waals surface area contributed by atoms with Crippen LogP contribution in [0.2, 0.25) is 0 Å². The first kappa shape index (κ1) is 26.0. The van der Waals surface area contributed by atoms with E-state index in [-0.39, 0.29) is 37.4 Å². The van der Waals surface area contributed by atoms with Crippen LogP contribution in [0, 0.1) is 12.7 Å². The molecule has 186 valence electrons. The summed E-state index contributed by atoms with van der Waals surface area (Å²) in [6, 6.07) is 16.7. The molecular formula is C27H32FN3O4. The van der Waals surface area contributed by atoms with Gasteiger partial charge in [0, 0.05) is 32.0 Å². The first-order valence-electron chi connectivity index (χ1n) is 11.7. The maximum atomic E-state index is 13.4. The van der Waals surface area contributed by atoms with Gasteiger partial charge in [-0.2, -0.15) is 0 Å². The summed E-state index contributed by atoms with van der Waals surface area (Å²) < 4.78 is 24.2. The molecule has 7 nitrogen and oxygen atoms in total. The molecule has 0 bridgehead atoms. The largest absolute Gasteiger partial charge is 0.467 e. The highest BCUT2D eigenvalue weighted by Gasteiger charge is 2.22. The Kier molecular flexibility index (Phi) is 9.86. The van der Waals surface area contributed by atoms with Gasteiger partial charge in [0.25, 0.3) is 0 Å². The van der Waals surface area contributed by atoms with Gasteiger partial charge in [-0.05, 0) is 62.2 Å². The fourth-order valence-corrected chi connectivity index (χ4v) is 3.49. The van der Waals surface area contributed by atoms with Gasteiger partial charge in [0.2, 0.25) is 5.91 Å². The molecule has 3 rings (SSSR count). The zero-order valence-corrected chi connectivity index (χ0v) is 20.2. The van der Waals surface area contributed by atoms with E-state index in [1.54, 1.807) is 35.4 Å². The summed E-state index contributed by atoms with van der Waals surface area (Å²) in [5, 5.41) is 2.87. The van der Waals surface area contributed by atoms with Gasteiger partial charge in [-0.3, -0.25) is 4.79 Å². The lowest BCUT2D eigenvalue weighted by molar-refractivity contribution is -0.133. The molecule has 2 aromatic carbocycles. The van der Waals surface area contributed by atoms with Crippen LogP contribution < -0.4 is 5.32 Å². The highest BCUT2D eigenvalue weighted by Crippen LogP contribution is 2.14. The van der Waals surface area contributed by atoms with Crippen LogP contribution in [0.5, 0.6) is 0 Å². The number of nitrogens with zero attached hydrogens (tertiary/aromatic N) is 2. The van der Waals surface area contributed by atoms with Crippen LogP contribution in [0.3, 0.4) is 0 Å². The summed E-state index contributed by atoms with van der Waals surface area (Å²) >= 11 is 0. The van der Waals surface area contributed by atoms with E-state index in [1.807, 2.05) is 38.1 Å². The normalized spacial score (nSPS) is 10.7. The zero-order valence-electron chi connectivity index (χ0n) is 20.2. The molecular weight excluding hydrogens is 449 g/mol. The third-order valence-electron chi connectivity index (χ3n) is 5.40. The van der Waals surface area contributed by atoms with Crippen molar-refractivity contribution in [1.29, 1.82) is 0 Å². The fraction of sp³-hybridized carbons (Fsp3) is 0.333. The maximum Gasteiger partial charge on any atom is 0.322 e. The van der Waals surface area contributed by atoms with Gasteiger partial charge >= 0.3 is 6.03 Å². The van der Waals surface area contributed by atoms with Crippen molar-refractivity contribution < 1.29 is 23.1 Å². The summed E-state index contributed by atoms with van der Waals surface area (Å²) in [5.41, 5.74) is 2.51. The van der Waals surface area contributed by atoms with Crippen molar-refractivity contribution in [2.24, 2.45) is 0 Å². The number of carbonyl (C=O) groups is 2. The van der Waals surface area contributed by atoms with E-state index in [4.69, 9.17) is 9.15 Å². The Morgan fingerprint density at radius 2 is 1.74 bits per heavy atom. The van der Waals surface area contributed by atoms with Crippen molar-refractivity contribution in [1.82, 2.24) is 9.80 Å². The number of rotatable bonds is 12. The van der Waals surface area contributed by atoms with Gasteiger partial charge in [0.15, 0.2) is 0 Å². The van der Waals surface area contributed by atoms with Gasteiger partial charge in [-0.25, -0.2) is 9.18 Å². The van der Waals surface area contributed by atoms with Crippen molar-refractivity contribution >= 4 is 17.6 Å². The summed E-state index contributed by atoms with van der Waals surface area (Å²) in [5.74, 6) is 0.0274. The zero-order chi connectivity index (χ0) is 25.0. The number of nitrogens with one attached hydrogen (secondary N) is 1. The first-order chi connectivity index (χ1) is 16.9. The van der Waals surface area contributed by atoms with E-state index in [1.165, 1.54) is 17.0 Å². The van der Waals surface area contributed by atoms with Crippen molar-refractivity contribution in [3.05, 3.63) is 89.6 Å². The molecule has 8 heteroatoms. The molecule has 1 N–H and O–H groups in total. The molecule has 0 aliphatic carbocycles. The van der Waals surface area contributed by atoms with Crippen LogP contribution in [0.25, 0.3) is 0 Å². The third-order valence-corrected chi connectivity index (χ3v) is 5.40. The average molecular weight is 482 g/mol. The third kappa shape index (κ3) is 8.57. The Balaban J connectivity index is 1.73. The molecule has 35 heavy (non-hydrogen) atoms. The molecule has 0 saturated heterocycles. The van der Waals surface area contributed by atoms with Gasteiger partial charge in [-0.1, -0.05) is 29.8 Å². The van der Waals surface area contributed by atoms with E-state index in [9.17, 15) is 14.0 Å². The standard InChI is InChI=1S/C27H32FN3O4/c1-3-34-16-5-15-30(27(33)29-24-13-7-21(2)8-14-24)20-26(32)31(19-25-6-4-17-35-25)18-22-9-11-23(28)12-10-22/h4,6-14,17H,3,5,15-16,18-20H2,1-2H3,(H,29,33). The number of benzene rings is 2. The Labute approximate surface area is 205 Å². The molecule has 0 fully saturated rings. The minimum Gasteiger partial charge on any atom is -0.467 e. The molecule has 0 radical (unpaired) electrons. The van der Waals surface area contributed by atoms with Crippen molar-refractivity contribution in [3.63, 3.8) is 0 Å². The molecule has 1 heterocycles. The first-order valence-corrected chi connectivity index (χ1v) is 11.7. The monoisotopic (exact) mass is 481 g/mol. The number of aryl methyl sites for hydroxylation is 1. The molecule has 3 aromatic rings.